The summed E-state index contributed by atoms with van der Waals surface area (Å²) in [5, 5.41) is 8.58. The van der Waals surface area contributed by atoms with E-state index in [4.69, 9.17) is 5.11 Å². The summed E-state index contributed by atoms with van der Waals surface area (Å²) in [5.41, 5.74) is 2.38. The Balaban J connectivity index is 1.95. The second-order valence-corrected chi connectivity index (χ2v) is 4.73. The van der Waals surface area contributed by atoms with E-state index in [9.17, 15) is 4.79 Å². The fraction of sp³-hybridized carbons (Fsp3) is 0.400. The zero-order valence-corrected chi connectivity index (χ0v) is 10.5. The minimum Gasteiger partial charge on any atom is -0.481 e. The molecule has 0 radical (unpaired) electrons. The topological polar surface area (TPSA) is 40.5 Å². The predicted molar refractivity (Wildman–Crippen MR) is 72.2 cm³/mol. The van der Waals surface area contributed by atoms with Gasteiger partial charge in [-0.25, -0.2) is 0 Å². The third-order valence-corrected chi connectivity index (χ3v) is 3.16. The lowest BCUT2D eigenvalue weighted by molar-refractivity contribution is -0.135. The average Bonchev–Trinajstić information content (AvgIpc) is 2.82. The van der Waals surface area contributed by atoms with Crippen molar-refractivity contribution in [3.63, 3.8) is 0 Å². The maximum Gasteiger partial charge on any atom is 0.307 e. The molecule has 0 amide bonds. The molecular formula is C15H19NO2. The van der Waals surface area contributed by atoms with Crippen LogP contribution in [0.3, 0.4) is 0 Å². The van der Waals surface area contributed by atoms with E-state index < -0.39 is 5.97 Å². The number of hydrogen-bond acceptors (Lipinski definition) is 2. The van der Waals surface area contributed by atoms with Crippen LogP contribution in [-0.4, -0.2) is 29.1 Å². The van der Waals surface area contributed by atoms with Gasteiger partial charge in [-0.3, -0.25) is 9.69 Å². The summed E-state index contributed by atoms with van der Waals surface area (Å²) in [5.74, 6) is -0.792. The van der Waals surface area contributed by atoms with Crippen molar-refractivity contribution in [2.24, 2.45) is 0 Å². The molecule has 96 valence electrons. The Morgan fingerprint density at radius 3 is 2.83 bits per heavy atom. The Kier molecular flexibility index (Phi) is 4.53. The van der Waals surface area contributed by atoms with Crippen molar-refractivity contribution in [3.8, 4) is 0 Å². The molecule has 0 bridgehead atoms. The lowest BCUT2D eigenvalue weighted by Gasteiger charge is -2.14. The van der Waals surface area contributed by atoms with Crippen LogP contribution in [0.5, 0.6) is 0 Å². The van der Waals surface area contributed by atoms with Gasteiger partial charge in [0.05, 0.1) is 6.42 Å². The number of nitrogens with zero attached hydrogens (tertiary/aromatic N) is 1. The molecule has 1 aromatic carbocycles. The number of carboxylic acid groups (broad SMARTS) is 1. The molecular weight excluding hydrogens is 226 g/mol. The molecule has 1 fully saturated rings. The molecule has 0 saturated carbocycles. The first-order valence-electron chi connectivity index (χ1n) is 6.44. The Morgan fingerprint density at radius 1 is 1.33 bits per heavy atom. The first kappa shape index (κ1) is 12.8. The quantitative estimate of drug-likeness (QED) is 0.867. The molecule has 0 spiro atoms. The van der Waals surface area contributed by atoms with E-state index in [0.29, 0.717) is 0 Å². The van der Waals surface area contributed by atoms with Crippen molar-refractivity contribution in [3.05, 3.63) is 41.5 Å². The SMILES string of the molecule is O=C(O)CC=Cc1cccc(CN2CCCC2)c1. The Labute approximate surface area is 108 Å². The molecule has 1 aliphatic rings. The van der Waals surface area contributed by atoms with E-state index in [1.165, 1.54) is 31.5 Å². The lowest BCUT2D eigenvalue weighted by atomic mass is 10.1. The van der Waals surface area contributed by atoms with Crippen molar-refractivity contribution >= 4 is 12.0 Å². The van der Waals surface area contributed by atoms with Crippen LogP contribution >= 0.6 is 0 Å². The molecule has 1 aliphatic heterocycles. The molecule has 1 saturated heterocycles. The first-order valence-corrected chi connectivity index (χ1v) is 6.44. The van der Waals surface area contributed by atoms with Crippen molar-refractivity contribution < 1.29 is 9.90 Å². The van der Waals surface area contributed by atoms with E-state index >= 15 is 0 Å². The van der Waals surface area contributed by atoms with Gasteiger partial charge in [-0.15, -0.1) is 0 Å². The van der Waals surface area contributed by atoms with Gasteiger partial charge in [0.1, 0.15) is 0 Å². The zero-order valence-electron chi connectivity index (χ0n) is 10.5. The summed E-state index contributed by atoms with van der Waals surface area (Å²) in [6.45, 7) is 3.39. The van der Waals surface area contributed by atoms with Crippen LogP contribution in [0.25, 0.3) is 6.08 Å². The monoisotopic (exact) mass is 245 g/mol. The molecule has 2 rings (SSSR count). The highest BCUT2D eigenvalue weighted by Gasteiger charge is 2.11. The fourth-order valence-corrected chi connectivity index (χ4v) is 2.29. The van der Waals surface area contributed by atoms with Crippen LogP contribution in [0.2, 0.25) is 0 Å². The third kappa shape index (κ3) is 4.00. The summed E-state index contributed by atoms with van der Waals surface area (Å²) in [6, 6.07) is 8.31. The molecule has 18 heavy (non-hydrogen) atoms. The molecule has 1 N–H and O–H groups in total. The summed E-state index contributed by atoms with van der Waals surface area (Å²) in [6.07, 6.45) is 6.26. The van der Waals surface area contributed by atoms with Gasteiger partial charge in [0.2, 0.25) is 0 Å². The van der Waals surface area contributed by atoms with Crippen LogP contribution in [0, 0.1) is 0 Å². The number of benzene rings is 1. The van der Waals surface area contributed by atoms with Crippen molar-refractivity contribution in [1.29, 1.82) is 0 Å². The average molecular weight is 245 g/mol. The smallest absolute Gasteiger partial charge is 0.307 e. The molecule has 0 unspecified atom stereocenters. The second kappa shape index (κ2) is 6.36. The Morgan fingerprint density at radius 2 is 2.11 bits per heavy atom. The maximum atomic E-state index is 10.4. The van der Waals surface area contributed by atoms with E-state index in [0.717, 1.165) is 12.1 Å². The maximum absolute atomic E-state index is 10.4. The van der Waals surface area contributed by atoms with Gasteiger partial charge in [0, 0.05) is 6.54 Å². The van der Waals surface area contributed by atoms with E-state index in [2.05, 4.69) is 17.0 Å². The summed E-state index contributed by atoms with van der Waals surface area (Å²) >= 11 is 0. The number of hydrogen-bond donors (Lipinski definition) is 1. The molecule has 3 heteroatoms. The van der Waals surface area contributed by atoms with Gasteiger partial charge < -0.3 is 5.11 Å². The van der Waals surface area contributed by atoms with Crippen LogP contribution in [0.4, 0.5) is 0 Å². The molecule has 0 aromatic heterocycles. The van der Waals surface area contributed by atoms with Crippen LogP contribution < -0.4 is 0 Å². The standard InChI is InChI=1S/C15H19NO2/c17-15(18)8-4-6-13-5-3-7-14(11-13)12-16-9-1-2-10-16/h3-7,11H,1-2,8-10,12H2,(H,17,18). The number of likely N-dealkylation sites (tertiary alicyclic amines) is 1. The van der Waals surface area contributed by atoms with Gasteiger partial charge in [-0.2, -0.15) is 0 Å². The number of aliphatic carboxylic acids is 1. The number of carbonyl (C=O) groups is 1. The number of carboxylic acids is 1. The van der Waals surface area contributed by atoms with Crippen LogP contribution in [0.15, 0.2) is 30.3 Å². The first-order chi connectivity index (χ1) is 8.74. The highest BCUT2D eigenvalue weighted by atomic mass is 16.4. The van der Waals surface area contributed by atoms with E-state index in [1.54, 1.807) is 6.08 Å². The van der Waals surface area contributed by atoms with Gasteiger partial charge in [0.25, 0.3) is 0 Å². The molecule has 1 aromatic rings. The zero-order chi connectivity index (χ0) is 12.8. The molecule has 0 atom stereocenters. The van der Waals surface area contributed by atoms with Crippen LogP contribution in [-0.2, 0) is 11.3 Å². The van der Waals surface area contributed by atoms with Gasteiger partial charge in [0.15, 0.2) is 0 Å². The Bertz CT molecular complexity index is 434. The normalized spacial score (nSPS) is 16.4. The molecule has 1 heterocycles. The van der Waals surface area contributed by atoms with Gasteiger partial charge >= 0.3 is 5.97 Å². The van der Waals surface area contributed by atoms with Crippen molar-refractivity contribution in [1.82, 2.24) is 4.90 Å². The van der Waals surface area contributed by atoms with E-state index in [1.807, 2.05) is 18.2 Å². The summed E-state index contributed by atoms with van der Waals surface area (Å²) < 4.78 is 0. The minimum absolute atomic E-state index is 0.0797. The number of rotatable bonds is 5. The summed E-state index contributed by atoms with van der Waals surface area (Å²) in [7, 11) is 0. The lowest BCUT2D eigenvalue weighted by Crippen LogP contribution is -2.18. The van der Waals surface area contributed by atoms with Gasteiger partial charge in [-0.05, 0) is 37.1 Å². The highest BCUT2D eigenvalue weighted by molar-refractivity contribution is 5.70. The molecule has 0 aliphatic carbocycles. The summed E-state index contributed by atoms with van der Waals surface area (Å²) in [4.78, 5) is 12.9. The Hall–Kier alpha value is -1.61. The van der Waals surface area contributed by atoms with E-state index in [-0.39, 0.29) is 6.42 Å². The van der Waals surface area contributed by atoms with Crippen LogP contribution in [0.1, 0.15) is 30.4 Å². The van der Waals surface area contributed by atoms with Crippen molar-refractivity contribution in [2.45, 2.75) is 25.8 Å². The predicted octanol–water partition coefficient (Wildman–Crippen LogP) is 2.77. The largest absolute Gasteiger partial charge is 0.481 e. The fourth-order valence-electron chi connectivity index (χ4n) is 2.29. The third-order valence-electron chi connectivity index (χ3n) is 3.16. The minimum atomic E-state index is -0.792. The highest BCUT2D eigenvalue weighted by Crippen LogP contribution is 2.14. The second-order valence-electron chi connectivity index (χ2n) is 4.73. The van der Waals surface area contributed by atoms with Gasteiger partial charge in [-0.1, -0.05) is 36.4 Å². The molecule has 3 nitrogen and oxygen atoms in total. The van der Waals surface area contributed by atoms with Crippen molar-refractivity contribution in [2.75, 3.05) is 13.1 Å².